The number of aryl methyl sites for hydroxylation is 1. The van der Waals surface area contributed by atoms with Gasteiger partial charge in [-0.3, -0.25) is 18.7 Å². The highest BCUT2D eigenvalue weighted by Crippen LogP contribution is 2.18. The zero-order valence-electron chi connectivity index (χ0n) is 16.3. The molecular formula is C20H23N5O3. The van der Waals surface area contributed by atoms with Gasteiger partial charge in [0.15, 0.2) is 5.56 Å². The number of aromatic nitrogens is 2. The van der Waals surface area contributed by atoms with Crippen molar-refractivity contribution in [1.82, 2.24) is 14.0 Å². The SMILES string of the molecule is CCc1ccc(C(=O)N2CCN(c3c(C#N)c(=O)n(C)c(=O)n3C)CC2)cc1. The van der Waals surface area contributed by atoms with E-state index in [1.807, 2.05) is 35.2 Å². The zero-order chi connectivity index (χ0) is 20.4. The van der Waals surface area contributed by atoms with E-state index in [9.17, 15) is 19.6 Å². The molecule has 2 aromatic rings. The van der Waals surface area contributed by atoms with Gasteiger partial charge in [-0.05, 0) is 24.1 Å². The topological polar surface area (TPSA) is 91.3 Å². The molecule has 0 aliphatic carbocycles. The maximum Gasteiger partial charge on any atom is 0.332 e. The number of piperazine rings is 1. The van der Waals surface area contributed by atoms with E-state index in [0.717, 1.165) is 11.0 Å². The number of hydrogen-bond acceptors (Lipinski definition) is 5. The molecule has 1 amide bonds. The summed E-state index contributed by atoms with van der Waals surface area (Å²) in [6, 6.07) is 9.52. The van der Waals surface area contributed by atoms with Crippen LogP contribution in [0.1, 0.15) is 28.4 Å². The third-order valence-corrected chi connectivity index (χ3v) is 5.22. The molecule has 3 rings (SSSR count). The van der Waals surface area contributed by atoms with Gasteiger partial charge in [0.05, 0.1) is 0 Å². The van der Waals surface area contributed by atoms with Crippen LogP contribution in [0, 0.1) is 11.3 Å². The van der Waals surface area contributed by atoms with E-state index in [1.165, 1.54) is 17.2 Å². The van der Waals surface area contributed by atoms with Crippen LogP contribution in [-0.2, 0) is 20.5 Å². The Balaban J connectivity index is 1.81. The van der Waals surface area contributed by atoms with Gasteiger partial charge in [0, 0.05) is 45.8 Å². The minimum atomic E-state index is -0.602. The van der Waals surface area contributed by atoms with Crippen LogP contribution in [0.15, 0.2) is 33.9 Å². The van der Waals surface area contributed by atoms with Crippen molar-refractivity contribution in [1.29, 1.82) is 5.26 Å². The van der Waals surface area contributed by atoms with Crippen molar-refractivity contribution in [3.8, 4) is 6.07 Å². The van der Waals surface area contributed by atoms with E-state index >= 15 is 0 Å². The summed E-state index contributed by atoms with van der Waals surface area (Å²) in [5.74, 6) is 0.274. The van der Waals surface area contributed by atoms with Crippen molar-refractivity contribution >= 4 is 11.7 Å². The average molecular weight is 381 g/mol. The van der Waals surface area contributed by atoms with Gasteiger partial charge in [0.2, 0.25) is 0 Å². The molecule has 2 heterocycles. The monoisotopic (exact) mass is 381 g/mol. The summed E-state index contributed by atoms with van der Waals surface area (Å²) >= 11 is 0. The van der Waals surface area contributed by atoms with Crippen LogP contribution in [-0.4, -0.2) is 46.1 Å². The van der Waals surface area contributed by atoms with E-state index in [0.29, 0.717) is 37.6 Å². The maximum atomic E-state index is 12.7. The summed E-state index contributed by atoms with van der Waals surface area (Å²) in [6.45, 7) is 3.84. The number of hydrogen-bond donors (Lipinski definition) is 0. The van der Waals surface area contributed by atoms with Gasteiger partial charge in [-0.2, -0.15) is 5.26 Å². The fraction of sp³-hybridized carbons (Fsp3) is 0.400. The van der Waals surface area contributed by atoms with Crippen molar-refractivity contribution in [3.63, 3.8) is 0 Å². The lowest BCUT2D eigenvalue weighted by molar-refractivity contribution is 0.0746. The summed E-state index contributed by atoms with van der Waals surface area (Å²) in [7, 11) is 2.90. The lowest BCUT2D eigenvalue weighted by atomic mass is 10.1. The van der Waals surface area contributed by atoms with Crippen LogP contribution in [0.5, 0.6) is 0 Å². The molecule has 1 fully saturated rings. The van der Waals surface area contributed by atoms with E-state index in [2.05, 4.69) is 6.92 Å². The predicted molar refractivity (Wildman–Crippen MR) is 106 cm³/mol. The van der Waals surface area contributed by atoms with Gasteiger partial charge in [0.25, 0.3) is 11.5 Å². The summed E-state index contributed by atoms with van der Waals surface area (Å²) in [5, 5.41) is 9.43. The Hall–Kier alpha value is -3.34. The third kappa shape index (κ3) is 3.31. The lowest BCUT2D eigenvalue weighted by Crippen LogP contribution is -2.51. The summed E-state index contributed by atoms with van der Waals surface area (Å²) in [6.07, 6.45) is 0.920. The molecule has 0 radical (unpaired) electrons. The van der Waals surface area contributed by atoms with E-state index in [4.69, 9.17) is 0 Å². The number of anilines is 1. The fourth-order valence-corrected chi connectivity index (χ4v) is 3.49. The first-order valence-electron chi connectivity index (χ1n) is 9.22. The number of nitrogens with zero attached hydrogens (tertiary/aromatic N) is 5. The first kappa shape index (κ1) is 19.4. The molecule has 1 aliphatic rings. The first-order valence-corrected chi connectivity index (χ1v) is 9.22. The standard InChI is InChI=1S/C20H23N5O3/c1-4-14-5-7-15(8-6-14)18(26)25-11-9-24(10-12-25)17-16(13-21)19(27)23(3)20(28)22(17)2/h5-8H,4,9-12H2,1-3H3. The highest BCUT2D eigenvalue weighted by molar-refractivity contribution is 5.94. The Morgan fingerprint density at radius 3 is 2.18 bits per heavy atom. The Morgan fingerprint density at radius 2 is 1.64 bits per heavy atom. The number of carbonyl (C=O) groups is 1. The number of rotatable bonds is 3. The molecule has 0 N–H and O–H groups in total. The van der Waals surface area contributed by atoms with Crippen molar-refractivity contribution in [2.75, 3.05) is 31.1 Å². The van der Waals surface area contributed by atoms with E-state index in [-0.39, 0.29) is 11.5 Å². The zero-order valence-corrected chi connectivity index (χ0v) is 16.3. The molecule has 0 spiro atoms. The van der Waals surface area contributed by atoms with Crippen LogP contribution < -0.4 is 16.1 Å². The van der Waals surface area contributed by atoms with Gasteiger partial charge in [-0.1, -0.05) is 19.1 Å². The Bertz CT molecular complexity index is 1050. The second kappa shape index (κ2) is 7.72. The third-order valence-electron chi connectivity index (χ3n) is 5.22. The smallest absolute Gasteiger partial charge is 0.332 e. The molecule has 0 saturated carbocycles. The summed E-state index contributed by atoms with van der Waals surface area (Å²) < 4.78 is 2.25. The molecule has 0 bridgehead atoms. The van der Waals surface area contributed by atoms with Crippen molar-refractivity contribution < 1.29 is 4.79 Å². The molecular weight excluding hydrogens is 358 g/mol. The molecule has 0 atom stereocenters. The molecule has 1 aliphatic heterocycles. The van der Waals surface area contributed by atoms with Crippen molar-refractivity contribution in [2.24, 2.45) is 14.1 Å². The number of carbonyl (C=O) groups excluding carboxylic acids is 1. The number of benzene rings is 1. The Labute approximate surface area is 162 Å². The van der Waals surface area contributed by atoms with Crippen LogP contribution >= 0.6 is 0 Å². The number of amides is 1. The molecule has 28 heavy (non-hydrogen) atoms. The molecule has 8 nitrogen and oxygen atoms in total. The summed E-state index contributed by atoms with van der Waals surface area (Å²) in [4.78, 5) is 40.8. The van der Waals surface area contributed by atoms with Gasteiger partial charge in [0.1, 0.15) is 11.9 Å². The second-order valence-electron chi connectivity index (χ2n) is 6.85. The minimum absolute atomic E-state index is 0.0410. The minimum Gasteiger partial charge on any atom is -0.353 e. The number of nitriles is 1. The van der Waals surface area contributed by atoms with E-state index in [1.54, 1.807) is 11.9 Å². The van der Waals surface area contributed by atoms with Gasteiger partial charge >= 0.3 is 5.69 Å². The Kier molecular flexibility index (Phi) is 5.36. The fourth-order valence-electron chi connectivity index (χ4n) is 3.49. The van der Waals surface area contributed by atoms with Crippen LogP contribution in [0.3, 0.4) is 0 Å². The maximum absolute atomic E-state index is 12.7. The molecule has 1 aromatic heterocycles. The second-order valence-corrected chi connectivity index (χ2v) is 6.85. The highest BCUT2D eigenvalue weighted by Gasteiger charge is 2.27. The normalized spacial score (nSPS) is 14.1. The highest BCUT2D eigenvalue weighted by atomic mass is 16.2. The van der Waals surface area contributed by atoms with Crippen molar-refractivity contribution in [3.05, 3.63) is 61.8 Å². The van der Waals surface area contributed by atoms with Gasteiger partial charge in [-0.15, -0.1) is 0 Å². The largest absolute Gasteiger partial charge is 0.353 e. The molecule has 1 saturated heterocycles. The van der Waals surface area contributed by atoms with Crippen LogP contribution in [0.2, 0.25) is 0 Å². The van der Waals surface area contributed by atoms with Crippen LogP contribution in [0.4, 0.5) is 5.82 Å². The van der Waals surface area contributed by atoms with Crippen LogP contribution in [0.25, 0.3) is 0 Å². The quantitative estimate of drug-likeness (QED) is 0.771. The predicted octanol–water partition coefficient (Wildman–Crippen LogP) is 0.480. The molecule has 0 unspecified atom stereocenters. The Morgan fingerprint density at radius 1 is 1.04 bits per heavy atom. The van der Waals surface area contributed by atoms with Crippen molar-refractivity contribution in [2.45, 2.75) is 13.3 Å². The molecule has 146 valence electrons. The van der Waals surface area contributed by atoms with E-state index < -0.39 is 11.2 Å². The lowest BCUT2D eigenvalue weighted by Gasteiger charge is -2.36. The summed E-state index contributed by atoms with van der Waals surface area (Å²) in [5.41, 5.74) is 0.685. The molecule has 1 aromatic carbocycles. The average Bonchev–Trinajstić information content (AvgIpc) is 2.74. The molecule has 8 heteroatoms. The first-order chi connectivity index (χ1) is 13.4. The van der Waals surface area contributed by atoms with Gasteiger partial charge < -0.3 is 9.80 Å². The van der Waals surface area contributed by atoms with Gasteiger partial charge in [-0.25, -0.2) is 4.79 Å².